The highest BCUT2D eigenvalue weighted by molar-refractivity contribution is 6.42. The molecule has 27 heavy (non-hydrogen) atoms. The van der Waals surface area contributed by atoms with Gasteiger partial charge in [0, 0.05) is 16.8 Å². The lowest BCUT2D eigenvalue weighted by Gasteiger charge is -2.36. The third kappa shape index (κ3) is 5.83. The van der Waals surface area contributed by atoms with Crippen molar-refractivity contribution in [2.75, 3.05) is 19.4 Å². The van der Waals surface area contributed by atoms with Crippen LogP contribution in [0.2, 0.25) is 10.0 Å². The number of carbonyl (C=O) groups is 1. The van der Waals surface area contributed by atoms with E-state index in [2.05, 4.69) is 31.5 Å². The number of benzene rings is 2. The molecule has 3 rings (SSSR count). The van der Waals surface area contributed by atoms with Crippen molar-refractivity contribution in [3.8, 4) is 0 Å². The second-order valence-corrected chi connectivity index (χ2v) is 8.47. The van der Waals surface area contributed by atoms with Gasteiger partial charge in [0.15, 0.2) is 0 Å². The first-order valence-electron chi connectivity index (χ1n) is 9.03. The number of quaternary nitrogens is 1. The van der Waals surface area contributed by atoms with Crippen LogP contribution in [0.15, 0.2) is 42.5 Å². The van der Waals surface area contributed by atoms with Crippen LogP contribution in [0.1, 0.15) is 41.6 Å². The monoisotopic (exact) mass is 518 g/mol. The largest absolute Gasteiger partial charge is 1.00 e. The Morgan fingerprint density at radius 1 is 1.04 bits per heavy atom. The Balaban J connectivity index is 0.00000261. The molecule has 0 aromatic heterocycles. The number of rotatable bonds is 5. The second-order valence-electron chi connectivity index (χ2n) is 7.65. The van der Waals surface area contributed by atoms with Gasteiger partial charge in [0.1, 0.15) is 6.54 Å². The number of nitrogens with one attached hydrogen (secondary N) is 1. The SMILES string of the molecule is C[N+](C)(Cc1ccc(NC(=O)c2ccc(Cl)c(Cl)c2)cc1)C1CCCC1.[I-]. The topological polar surface area (TPSA) is 29.1 Å². The molecule has 1 saturated carbocycles. The molecule has 0 saturated heterocycles. The van der Waals surface area contributed by atoms with Gasteiger partial charge in [0.25, 0.3) is 5.91 Å². The van der Waals surface area contributed by atoms with Gasteiger partial charge in [-0.3, -0.25) is 4.79 Å². The first-order chi connectivity index (χ1) is 12.3. The Morgan fingerprint density at radius 2 is 1.67 bits per heavy atom. The first-order valence-corrected chi connectivity index (χ1v) is 9.79. The van der Waals surface area contributed by atoms with E-state index in [1.165, 1.54) is 31.2 Å². The van der Waals surface area contributed by atoms with Crippen LogP contribution in [0.3, 0.4) is 0 Å². The number of carbonyl (C=O) groups excluding carboxylic acids is 1. The average Bonchev–Trinajstić information content (AvgIpc) is 3.14. The van der Waals surface area contributed by atoms with Crippen molar-refractivity contribution in [1.29, 1.82) is 0 Å². The van der Waals surface area contributed by atoms with Crippen LogP contribution in [-0.2, 0) is 6.54 Å². The van der Waals surface area contributed by atoms with Gasteiger partial charge in [-0.25, -0.2) is 0 Å². The lowest BCUT2D eigenvalue weighted by Crippen LogP contribution is -3.00. The second kappa shape index (κ2) is 9.59. The van der Waals surface area contributed by atoms with Gasteiger partial charge >= 0.3 is 0 Å². The molecule has 0 bridgehead atoms. The van der Waals surface area contributed by atoms with Gasteiger partial charge in [-0.2, -0.15) is 0 Å². The Bertz CT molecular complexity index is 787. The highest BCUT2D eigenvalue weighted by Gasteiger charge is 2.31. The number of hydrogen-bond donors (Lipinski definition) is 1. The number of amides is 1. The zero-order valence-corrected chi connectivity index (χ0v) is 19.3. The minimum Gasteiger partial charge on any atom is -1.00 e. The summed E-state index contributed by atoms with van der Waals surface area (Å²) in [5.74, 6) is -0.196. The van der Waals surface area contributed by atoms with Crippen LogP contribution in [-0.4, -0.2) is 30.5 Å². The number of hydrogen-bond acceptors (Lipinski definition) is 1. The van der Waals surface area contributed by atoms with Crippen molar-refractivity contribution in [1.82, 2.24) is 0 Å². The summed E-state index contributed by atoms with van der Waals surface area (Å²) in [6.07, 6.45) is 5.35. The minimum absolute atomic E-state index is 0. The van der Waals surface area contributed by atoms with Gasteiger partial charge in [-0.15, -0.1) is 0 Å². The Hall–Kier alpha value is -0.820. The molecule has 0 unspecified atom stereocenters. The minimum atomic E-state index is -0.196. The van der Waals surface area contributed by atoms with Crippen LogP contribution >= 0.6 is 23.2 Å². The van der Waals surface area contributed by atoms with Crippen LogP contribution < -0.4 is 29.3 Å². The highest BCUT2D eigenvalue weighted by atomic mass is 127. The molecule has 6 heteroatoms. The van der Waals surface area contributed by atoms with Crippen LogP contribution in [0.4, 0.5) is 5.69 Å². The molecule has 2 aromatic rings. The molecule has 0 atom stereocenters. The molecule has 1 fully saturated rings. The van der Waals surface area contributed by atoms with Crippen molar-refractivity contribution in [2.45, 2.75) is 38.3 Å². The fourth-order valence-corrected chi connectivity index (χ4v) is 4.04. The normalized spacial score (nSPS) is 14.7. The Morgan fingerprint density at radius 3 is 2.26 bits per heavy atom. The third-order valence-electron chi connectivity index (χ3n) is 5.30. The smallest absolute Gasteiger partial charge is 0.255 e. The average molecular weight is 519 g/mol. The van der Waals surface area contributed by atoms with E-state index in [4.69, 9.17) is 23.2 Å². The lowest BCUT2D eigenvalue weighted by molar-refractivity contribution is -0.927. The summed E-state index contributed by atoms with van der Waals surface area (Å²) in [7, 11) is 4.63. The van der Waals surface area contributed by atoms with Crippen molar-refractivity contribution >= 4 is 34.8 Å². The van der Waals surface area contributed by atoms with Crippen molar-refractivity contribution in [3.05, 3.63) is 63.6 Å². The molecule has 1 aliphatic rings. The molecule has 146 valence electrons. The number of halogens is 3. The van der Waals surface area contributed by atoms with E-state index >= 15 is 0 Å². The first kappa shape index (κ1) is 22.5. The fourth-order valence-electron chi connectivity index (χ4n) is 3.74. The molecule has 1 aliphatic carbocycles. The molecule has 3 nitrogen and oxygen atoms in total. The van der Waals surface area contributed by atoms with Crippen molar-refractivity contribution < 1.29 is 33.3 Å². The van der Waals surface area contributed by atoms with Crippen LogP contribution in [0.25, 0.3) is 0 Å². The van der Waals surface area contributed by atoms with Gasteiger partial charge in [-0.1, -0.05) is 35.3 Å². The van der Waals surface area contributed by atoms with E-state index in [9.17, 15) is 4.79 Å². The maximum absolute atomic E-state index is 12.3. The molecule has 1 amide bonds. The molecule has 2 aromatic carbocycles. The lowest BCUT2D eigenvalue weighted by atomic mass is 10.1. The molecule has 0 heterocycles. The fraction of sp³-hybridized carbons (Fsp3) is 0.381. The van der Waals surface area contributed by atoms with Gasteiger partial charge < -0.3 is 33.8 Å². The number of anilines is 1. The van der Waals surface area contributed by atoms with Gasteiger partial charge in [0.05, 0.1) is 30.2 Å². The van der Waals surface area contributed by atoms with Gasteiger partial charge in [-0.05, 0) is 56.0 Å². The molecule has 0 aliphatic heterocycles. The predicted molar refractivity (Wildman–Crippen MR) is 109 cm³/mol. The summed E-state index contributed by atoms with van der Waals surface area (Å²) < 4.78 is 1.02. The summed E-state index contributed by atoms with van der Waals surface area (Å²) in [5.41, 5.74) is 2.55. The van der Waals surface area contributed by atoms with Crippen molar-refractivity contribution in [2.24, 2.45) is 0 Å². The zero-order chi connectivity index (χ0) is 18.7. The summed E-state index contributed by atoms with van der Waals surface area (Å²) in [5, 5.41) is 3.72. The zero-order valence-electron chi connectivity index (χ0n) is 15.6. The molecule has 0 spiro atoms. The van der Waals surface area contributed by atoms with E-state index in [0.717, 1.165) is 22.8 Å². The molecule has 1 N–H and O–H groups in total. The van der Waals surface area contributed by atoms with Crippen LogP contribution in [0.5, 0.6) is 0 Å². The number of nitrogens with zero attached hydrogens (tertiary/aromatic N) is 1. The molecule has 0 radical (unpaired) electrons. The summed E-state index contributed by atoms with van der Waals surface area (Å²) in [4.78, 5) is 12.3. The standard InChI is InChI=1S/C21H24Cl2N2O.HI/c1-25(2,18-5-3-4-6-18)14-15-7-10-17(11-8-15)24-21(26)16-9-12-19(22)20(23)13-16;/h7-13,18H,3-6,14H2,1-2H3;1H. The Labute approximate surface area is 188 Å². The maximum atomic E-state index is 12.3. The summed E-state index contributed by atoms with van der Waals surface area (Å²) in [6.45, 7) is 1.01. The summed E-state index contributed by atoms with van der Waals surface area (Å²) >= 11 is 11.9. The van der Waals surface area contributed by atoms with E-state index in [1.807, 2.05) is 12.1 Å². The van der Waals surface area contributed by atoms with E-state index in [0.29, 0.717) is 15.6 Å². The van der Waals surface area contributed by atoms with Crippen LogP contribution in [0, 0.1) is 0 Å². The van der Waals surface area contributed by atoms with Crippen molar-refractivity contribution in [3.63, 3.8) is 0 Å². The van der Waals surface area contributed by atoms with E-state index < -0.39 is 0 Å². The molecular formula is C21H25Cl2IN2O. The quantitative estimate of drug-likeness (QED) is 0.478. The Kier molecular flexibility index (Phi) is 7.98. The highest BCUT2D eigenvalue weighted by Crippen LogP contribution is 2.29. The maximum Gasteiger partial charge on any atom is 0.255 e. The third-order valence-corrected chi connectivity index (χ3v) is 6.04. The summed E-state index contributed by atoms with van der Waals surface area (Å²) in [6, 6.07) is 13.7. The molecular weight excluding hydrogens is 494 g/mol. The van der Waals surface area contributed by atoms with Gasteiger partial charge in [0.2, 0.25) is 0 Å². The van der Waals surface area contributed by atoms with E-state index in [-0.39, 0.29) is 29.9 Å². The predicted octanol–water partition coefficient (Wildman–Crippen LogP) is 2.77. The van der Waals surface area contributed by atoms with E-state index in [1.54, 1.807) is 18.2 Å².